The summed E-state index contributed by atoms with van der Waals surface area (Å²) < 4.78 is 134. The molecule has 0 aromatic carbocycles. The van der Waals surface area contributed by atoms with Crippen LogP contribution in [0.2, 0.25) is 0 Å². The van der Waals surface area contributed by atoms with Crippen LogP contribution in [0, 0.1) is 0 Å². The molecular weight excluding hydrogens is 1610 g/mol. The normalized spacial score (nSPS) is 40.5. The fourth-order valence-corrected chi connectivity index (χ4v) is 14.1. The highest BCUT2D eigenvalue weighted by Crippen LogP contribution is 2.42. The highest BCUT2D eigenvalue weighted by Gasteiger charge is 2.61. The summed E-state index contributed by atoms with van der Waals surface area (Å²) in [5.74, 6) is 37.0. The number of aliphatic hydroxyl groups is 14. The molecular formula is C70H119N7O42. The number of hydrogen-bond acceptors (Lipinski definition) is 49. The lowest BCUT2D eigenvalue weighted by atomic mass is 9.95. The van der Waals surface area contributed by atoms with Crippen molar-refractivity contribution in [1.82, 2.24) is 0 Å². The molecule has 119 heavy (non-hydrogen) atoms. The molecule has 0 aliphatic carbocycles. The number of rotatable bonds is 42. The number of nitrogens with two attached hydrogens (primary N) is 7. The molecule has 0 aromatic heterocycles. The smallest absolute Gasteiger partial charge is 0.187 e. The standard InChI is InChI=1S/C70H119N7O42/c71-99-22-8-1-15-92-57-43(85)50-36(29-78)106-64(57)113-51-37(30-79)107-66(58(44(51)86)93-16-2-9-23-100-72)115-53-39(32-81)109-68(60(46(53)88)95-18-4-11-25-102-74)117-55-41(34-83)111-70(62(48(55)90)97-20-6-13-27-104-76)119-56-42(35-84)112-69(63(49(56)91)98-21-7-14-28-105-77)118-54-40(33-82)110-67(61(47(54)89)96-19-5-12-26-103-75)116-52-38(31-80)108-65(114-50)59(45(52)87)94-17-3-10-24-101-73/h1-14,36-70,78-91H,15-35,71-77H2/b8-1+,9-2+,10-3+,11-4+,12-5+,13-6+,14-7+/t36-,37-,38-,39-,40-,41-,42-,43+,44+,45+,46+,47+,48+,49+,50-,51-,52-,53-,54-,55-,56-,57-,58-,59-,60-,61-,62-,63-,64-,65-,66-,67-,68-,69-,70-/m1/s1. The monoisotopic (exact) mass is 1730 g/mol. The van der Waals surface area contributed by atoms with Crippen molar-refractivity contribution in [2.45, 2.75) is 215 Å². The van der Waals surface area contributed by atoms with E-state index in [1.54, 1.807) is 0 Å². The van der Waals surface area contributed by atoms with Crippen molar-refractivity contribution in [2.24, 2.45) is 41.3 Å². The van der Waals surface area contributed by atoms with Gasteiger partial charge < -0.3 is 205 Å². The summed E-state index contributed by atoms with van der Waals surface area (Å²) >= 11 is 0. The van der Waals surface area contributed by atoms with Gasteiger partial charge in [0, 0.05) is 0 Å². The van der Waals surface area contributed by atoms with Crippen molar-refractivity contribution in [3.05, 3.63) is 85.1 Å². The van der Waals surface area contributed by atoms with Crippen LogP contribution >= 0.6 is 0 Å². The lowest BCUT2D eigenvalue weighted by Gasteiger charge is -2.51. The fraction of sp³-hybridized carbons (Fsp3) is 0.800. The van der Waals surface area contributed by atoms with E-state index in [0.29, 0.717) is 0 Å². The van der Waals surface area contributed by atoms with E-state index < -0.39 is 307 Å². The van der Waals surface area contributed by atoms with Gasteiger partial charge in [-0.3, -0.25) is 0 Å². The second kappa shape index (κ2) is 54.3. The van der Waals surface area contributed by atoms with Gasteiger partial charge in [0.25, 0.3) is 0 Å². The van der Waals surface area contributed by atoms with Crippen molar-refractivity contribution in [3.8, 4) is 0 Å². The van der Waals surface area contributed by atoms with Crippen molar-refractivity contribution in [1.29, 1.82) is 0 Å². The van der Waals surface area contributed by atoms with E-state index in [9.17, 15) is 71.5 Å². The lowest BCUT2D eigenvalue weighted by Crippen LogP contribution is -2.69. The molecule has 15 rings (SSSR count). The average molecular weight is 1730 g/mol. The van der Waals surface area contributed by atoms with E-state index in [0.717, 1.165) is 0 Å². The topological polar surface area (TPSA) is 724 Å². The molecule has 15 saturated heterocycles. The fourth-order valence-electron chi connectivity index (χ4n) is 14.1. The highest BCUT2D eigenvalue weighted by molar-refractivity contribution is 5.05. The molecule has 0 radical (unpaired) electrons. The van der Waals surface area contributed by atoms with Gasteiger partial charge >= 0.3 is 0 Å². The molecule has 0 aromatic rings. The minimum absolute atomic E-state index is 0.128. The molecule has 15 aliphatic heterocycles. The quantitative estimate of drug-likeness (QED) is 0.0199. The molecule has 0 saturated carbocycles. The van der Waals surface area contributed by atoms with Gasteiger partial charge in [-0.25, -0.2) is 41.3 Å². The zero-order valence-electron chi connectivity index (χ0n) is 64.9. The summed E-state index contributed by atoms with van der Waals surface area (Å²) in [6, 6.07) is 0. The Kier molecular flexibility index (Phi) is 45.9. The van der Waals surface area contributed by atoms with Crippen LogP contribution in [0.1, 0.15) is 0 Å². The third-order valence-corrected chi connectivity index (χ3v) is 19.8. The van der Waals surface area contributed by atoms with Crippen molar-refractivity contribution < 1.29 is 205 Å². The Bertz CT molecular complexity index is 2450. The van der Waals surface area contributed by atoms with Gasteiger partial charge in [0.05, 0.1) is 139 Å². The minimum atomic E-state index is -2.03. The molecule has 0 amide bonds. The molecule has 35 atom stereocenters. The summed E-state index contributed by atoms with van der Waals surface area (Å²) in [5.41, 5.74) is 0. The second-order valence-electron chi connectivity index (χ2n) is 27.4. The van der Waals surface area contributed by atoms with E-state index in [1.807, 2.05) is 0 Å². The minimum Gasteiger partial charge on any atom is -0.394 e. The van der Waals surface area contributed by atoms with Gasteiger partial charge in [-0.15, -0.1) is 0 Å². The van der Waals surface area contributed by atoms with Crippen molar-refractivity contribution >= 4 is 0 Å². The number of aliphatic hydroxyl groups excluding tert-OH is 14. The van der Waals surface area contributed by atoms with E-state index in [-0.39, 0.29) is 46.2 Å². The van der Waals surface area contributed by atoms with Crippen molar-refractivity contribution in [3.63, 3.8) is 0 Å². The molecule has 0 unspecified atom stereocenters. The number of fused-ring (bicyclic) bond motifs is 7. The Morgan fingerprint density at radius 1 is 0.176 bits per heavy atom. The molecule has 49 heteroatoms. The molecule has 15 fully saturated rings. The lowest BCUT2D eigenvalue weighted by molar-refractivity contribution is -0.401. The SMILES string of the molecule is NOC/C=C/CO[C@H]1[C@H]2O[C@H]3[C@H](O)[C@@H](OC/C=C/CON)[C@@H](O[C@H]4[C@H](O)[C@@H](OC/C=C/CON)[C@@H](O[C@H]5[C@H](O)[C@@H](OC/C=C/CON)[C@@H](O[C@H]6[C@H](O)[C@@H](OC/C=C/CON)[C@@H](O[C@H]7[C@H](O)[C@@H](OC/C=C/CON)[C@@H](O[C@H]8[C@H](O)[C@@H](OC/C=C/CON)[C@@H](O[C@@H]([C@@H]1O)[C@@H](CO)O2)O[C@@H]8CO)O[C@@H]7CO)O[C@@H]6CO)O[C@@H]5CO)O[C@@H]4CO)O[C@@H]3CO. The summed E-state index contributed by atoms with van der Waals surface area (Å²) in [7, 11) is 0. The van der Waals surface area contributed by atoms with E-state index in [4.69, 9.17) is 141 Å². The number of ether oxygens (including phenoxy) is 21. The first-order chi connectivity index (χ1) is 57.9. The van der Waals surface area contributed by atoms with Gasteiger partial charge in [-0.05, 0) is 0 Å². The summed E-state index contributed by atoms with van der Waals surface area (Å²) in [4.78, 5) is 32.7. The predicted molar refractivity (Wildman–Crippen MR) is 390 cm³/mol. The molecule has 686 valence electrons. The van der Waals surface area contributed by atoms with E-state index in [1.165, 1.54) is 85.1 Å². The first kappa shape index (κ1) is 101. The maximum Gasteiger partial charge on any atom is 0.187 e. The van der Waals surface area contributed by atoms with Gasteiger partial charge in [-0.2, -0.15) is 0 Å². The Labute approximate surface area is 682 Å². The van der Waals surface area contributed by atoms with Gasteiger partial charge in [0.1, 0.15) is 171 Å². The molecule has 14 bridgehead atoms. The maximum absolute atomic E-state index is 12.7. The molecule has 0 spiro atoms. The van der Waals surface area contributed by atoms with Crippen LogP contribution in [0.3, 0.4) is 0 Å². The molecule has 28 N–H and O–H groups in total. The highest BCUT2D eigenvalue weighted by atomic mass is 16.8. The van der Waals surface area contributed by atoms with Gasteiger partial charge in [0.2, 0.25) is 0 Å². The predicted octanol–water partition coefficient (Wildman–Crippen LogP) is -11.9. The van der Waals surface area contributed by atoms with Crippen LogP contribution in [-0.4, -0.2) is 425 Å². The van der Waals surface area contributed by atoms with Crippen LogP contribution in [-0.2, 0) is 133 Å². The first-order valence-electron chi connectivity index (χ1n) is 38.2. The summed E-state index contributed by atoms with van der Waals surface area (Å²) in [5, 5.41) is 168. The first-order valence-corrected chi connectivity index (χ1v) is 38.2. The maximum atomic E-state index is 12.7. The largest absolute Gasteiger partial charge is 0.394 e. The zero-order valence-corrected chi connectivity index (χ0v) is 64.9. The molecule has 49 nitrogen and oxygen atoms in total. The van der Waals surface area contributed by atoms with Crippen LogP contribution < -0.4 is 41.3 Å². The van der Waals surface area contributed by atoms with Gasteiger partial charge in [-0.1, -0.05) is 85.1 Å². The van der Waals surface area contributed by atoms with Crippen LogP contribution in [0.15, 0.2) is 85.1 Å². The van der Waals surface area contributed by atoms with Gasteiger partial charge in [0.15, 0.2) is 44.0 Å². The average Bonchev–Trinajstić information content (AvgIpc) is 0.808. The van der Waals surface area contributed by atoms with Crippen LogP contribution in [0.4, 0.5) is 0 Å². The summed E-state index contributed by atoms with van der Waals surface area (Å²) in [6.07, 6.45) is -44.9. The van der Waals surface area contributed by atoms with Crippen molar-refractivity contribution in [2.75, 3.05) is 139 Å². The third-order valence-electron chi connectivity index (χ3n) is 19.8. The Hall–Kier alpha value is -3.78. The number of hydrogen-bond donors (Lipinski definition) is 21. The Balaban J connectivity index is 1.28. The summed E-state index contributed by atoms with van der Waals surface area (Å²) in [6.45, 7) is -10.8. The molecule has 15 aliphatic rings. The van der Waals surface area contributed by atoms with E-state index >= 15 is 0 Å². The van der Waals surface area contributed by atoms with E-state index in [2.05, 4.69) is 33.9 Å². The Morgan fingerprint density at radius 2 is 0.286 bits per heavy atom. The third kappa shape index (κ3) is 27.9. The van der Waals surface area contributed by atoms with Crippen LogP contribution in [0.25, 0.3) is 0 Å². The second-order valence-corrected chi connectivity index (χ2v) is 27.4. The van der Waals surface area contributed by atoms with Crippen LogP contribution in [0.5, 0.6) is 0 Å². The Morgan fingerprint density at radius 3 is 0.387 bits per heavy atom. The zero-order chi connectivity index (χ0) is 85.8. The molecule has 15 heterocycles.